The minimum atomic E-state index is -0.0280. The Morgan fingerprint density at radius 3 is 2.80 bits per heavy atom. The third kappa shape index (κ3) is 3.76. The Morgan fingerprint density at radius 2 is 2.33 bits per heavy atom. The van der Waals surface area contributed by atoms with Crippen molar-refractivity contribution in [2.75, 3.05) is 26.3 Å². The molecule has 3 nitrogen and oxygen atoms in total. The monoisotopic (exact) mass is 277 g/mol. The van der Waals surface area contributed by atoms with Crippen molar-refractivity contribution in [1.29, 1.82) is 0 Å². The molecular formula is C11H20BrNO2. The van der Waals surface area contributed by atoms with Crippen LogP contribution in [0.3, 0.4) is 0 Å². The molecule has 0 saturated carbocycles. The number of ether oxygens (including phenoxy) is 1. The SMILES string of the molecule is CCC(Br)C(=O)N(CC)CC1CCOC1. The fourth-order valence-electron chi connectivity index (χ4n) is 1.79. The molecule has 1 saturated heterocycles. The molecule has 0 aromatic rings. The van der Waals surface area contributed by atoms with Gasteiger partial charge in [-0.05, 0) is 19.8 Å². The third-order valence-electron chi connectivity index (χ3n) is 2.82. The van der Waals surface area contributed by atoms with Gasteiger partial charge in [0.05, 0.1) is 11.4 Å². The standard InChI is InChI=1S/C11H20BrNO2/c1-3-10(12)11(14)13(4-2)7-9-5-6-15-8-9/h9-10H,3-8H2,1-2H3. The van der Waals surface area contributed by atoms with Crippen molar-refractivity contribution in [2.24, 2.45) is 5.92 Å². The number of rotatable bonds is 5. The Labute approximate surface area is 100 Å². The van der Waals surface area contributed by atoms with E-state index in [9.17, 15) is 4.79 Å². The summed E-state index contributed by atoms with van der Waals surface area (Å²) in [5.74, 6) is 0.748. The molecule has 1 heterocycles. The summed E-state index contributed by atoms with van der Waals surface area (Å²) in [5.41, 5.74) is 0. The Morgan fingerprint density at radius 1 is 1.60 bits per heavy atom. The van der Waals surface area contributed by atoms with Gasteiger partial charge >= 0.3 is 0 Å². The molecule has 1 aliphatic heterocycles. The van der Waals surface area contributed by atoms with Crippen LogP contribution in [0.1, 0.15) is 26.7 Å². The van der Waals surface area contributed by atoms with Crippen LogP contribution in [0, 0.1) is 5.92 Å². The predicted octanol–water partition coefficient (Wildman–Crippen LogP) is 2.04. The molecule has 1 amide bonds. The molecule has 0 aromatic heterocycles. The van der Waals surface area contributed by atoms with Crippen LogP contribution in [0.2, 0.25) is 0 Å². The van der Waals surface area contributed by atoms with E-state index < -0.39 is 0 Å². The summed E-state index contributed by atoms with van der Waals surface area (Å²) in [6.45, 7) is 7.34. The van der Waals surface area contributed by atoms with Gasteiger partial charge in [0.15, 0.2) is 0 Å². The molecule has 0 N–H and O–H groups in total. The predicted molar refractivity (Wildman–Crippen MR) is 64.2 cm³/mol. The van der Waals surface area contributed by atoms with E-state index in [2.05, 4.69) is 15.9 Å². The molecule has 0 spiro atoms. The zero-order chi connectivity index (χ0) is 11.3. The number of amides is 1. The number of carbonyl (C=O) groups is 1. The summed E-state index contributed by atoms with van der Waals surface area (Å²) in [5, 5.41) is 0. The molecule has 0 bridgehead atoms. The van der Waals surface area contributed by atoms with Gasteiger partial charge in [0.2, 0.25) is 5.91 Å². The van der Waals surface area contributed by atoms with Gasteiger partial charge in [0.25, 0.3) is 0 Å². The fourth-order valence-corrected chi connectivity index (χ4v) is 2.08. The van der Waals surface area contributed by atoms with E-state index in [0.29, 0.717) is 5.92 Å². The van der Waals surface area contributed by atoms with E-state index in [-0.39, 0.29) is 10.7 Å². The normalized spacial score (nSPS) is 22.7. The van der Waals surface area contributed by atoms with Crippen molar-refractivity contribution < 1.29 is 9.53 Å². The summed E-state index contributed by atoms with van der Waals surface area (Å²) in [6, 6.07) is 0. The van der Waals surface area contributed by atoms with E-state index in [1.165, 1.54) is 0 Å². The molecule has 4 heteroatoms. The topological polar surface area (TPSA) is 29.5 Å². The molecule has 1 fully saturated rings. The van der Waals surface area contributed by atoms with Crippen molar-refractivity contribution in [3.05, 3.63) is 0 Å². The van der Waals surface area contributed by atoms with Gasteiger partial charge in [-0.1, -0.05) is 22.9 Å². The van der Waals surface area contributed by atoms with Crippen molar-refractivity contribution >= 4 is 21.8 Å². The highest BCUT2D eigenvalue weighted by Gasteiger charge is 2.24. The first-order valence-corrected chi connectivity index (χ1v) is 6.61. The minimum absolute atomic E-state index is 0.0280. The highest BCUT2D eigenvalue weighted by atomic mass is 79.9. The van der Waals surface area contributed by atoms with Gasteiger partial charge in [-0.15, -0.1) is 0 Å². The smallest absolute Gasteiger partial charge is 0.236 e. The number of halogens is 1. The Hall–Kier alpha value is -0.0900. The van der Waals surface area contributed by atoms with Gasteiger partial charge in [-0.3, -0.25) is 4.79 Å². The van der Waals surface area contributed by atoms with Gasteiger partial charge in [0, 0.05) is 25.6 Å². The second-order valence-electron chi connectivity index (χ2n) is 3.98. The number of alkyl halides is 1. The lowest BCUT2D eigenvalue weighted by molar-refractivity contribution is -0.130. The number of hydrogen-bond acceptors (Lipinski definition) is 2. The number of hydrogen-bond donors (Lipinski definition) is 0. The Kier molecular flexibility index (Phi) is 5.61. The van der Waals surface area contributed by atoms with Crippen LogP contribution in [0.4, 0.5) is 0 Å². The summed E-state index contributed by atoms with van der Waals surface area (Å²) in [4.78, 5) is 13.8. The van der Waals surface area contributed by atoms with Crippen LogP contribution < -0.4 is 0 Å². The van der Waals surface area contributed by atoms with Crippen LogP contribution in [0.25, 0.3) is 0 Å². The van der Waals surface area contributed by atoms with Crippen molar-refractivity contribution in [2.45, 2.75) is 31.5 Å². The minimum Gasteiger partial charge on any atom is -0.381 e. The number of nitrogens with zero attached hydrogens (tertiary/aromatic N) is 1. The Balaban J connectivity index is 2.43. The molecule has 1 rings (SSSR count). The zero-order valence-corrected chi connectivity index (χ0v) is 11.1. The maximum atomic E-state index is 11.9. The summed E-state index contributed by atoms with van der Waals surface area (Å²) < 4.78 is 5.32. The average molecular weight is 278 g/mol. The molecular weight excluding hydrogens is 258 g/mol. The maximum Gasteiger partial charge on any atom is 0.236 e. The first-order chi connectivity index (χ1) is 7.19. The van der Waals surface area contributed by atoms with Crippen LogP contribution >= 0.6 is 15.9 Å². The lowest BCUT2D eigenvalue weighted by Crippen LogP contribution is -2.39. The van der Waals surface area contributed by atoms with E-state index in [4.69, 9.17) is 4.74 Å². The highest BCUT2D eigenvalue weighted by molar-refractivity contribution is 9.10. The van der Waals surface area contributed by atoms with Crippen LogP contribution in [0.5, 0.6) is 0 Å². The molecule has 0 aromatic carbocycles. The Bertz CT molecular complexity index is 205. The largest absolute Gasteiger partial charge is 0.381 e. The van der Waals surface area contributed by atoms with Gasteiger partial charge < -0.3 is 9.64 Å². The summed E-state index contributed by atoms with van der Waals surface area (Å²) >= 11 is 3.41. The van der Waals surface area contributed by atoms with Crippen LogP contribution in [-0.4, -0.2) is 41.9 Å². The second-order valence-corrected chi connectivity index (χ2v) is 5.09. The van der Waals surface area contributed by atoms with Gasteiger partial charge in [-0.25, -0.2) is 0 Å². The van der Waals surface area contributed by atoms with Crippen molar-refractivity contribution in [1.82, 2.24) is 4.90 Å². The van der Waals surface area contributed by atoms with E-state index in [1.807, 2.05) is 18.7 Å². The van der Waals surface area contributed by atoms with Crippen LogP contribution in [0.15, 0.2) is 0 Å². The first-order valence-electron chi connectivity index (χ1n) is 5.69. The van der Waals surface area contributed by atoms with Gasteiger partial charge in [-0.2, -0.15) is 0 Å². The number of carbonyl (C=O) groups excluding carboxylic acids is 1. The molecule has 2 atom stereocenters. The molecule has 2 unspecified atom stereocenters. The van der Waals surface area contributed by atoms with Crippen LogP contribution in [-0.2, 0) is 9.53 Å². The molecule has 1 aliphatic rings. The van der Waals surface area contributed by atoms with E-state index in [0.717, 1.165) is 39.1 Å². The zero-order valence-electron chi connectivity index (χ0n) is 9.54. The first kappa shape index (κ1) is 13.0. The molecule has 0 radical (unpaired) electrons. The molecule has 0 aliphatic carbocycles. The molecule has 15 heavy (non-hydrogen) atoms. The van der Waals surface area contributed by atoms with Gasteiger partial charge in [0.1, 0.15) is 0 Å². The maximum absolute atomic E-state index is 11.9. The molecule has 88 valence electrons. The lowest BCUT2D eigenvalue weighted by atomic mass is 10.1. The van der Waals surface area contributed by atoms with Crippen molar-refractivity contribution in [3.63, 3.8) is 0 Å². The second kappa shape index (κ2) is 6.48. The highest BCUT2D eigenvalue weighted by Crippen LogP contribution is 2.16. The quantitative estimate of drug-likeness (QED) is 0.720. The lowest BCUT2D eigenvalue weighted by Gasteiger charge is -2.25. The van der Waals surface area contributed by atoms with E-state index in [1.54, 1.807) is 0 Å². The third-order valence-corrected chi connectivity index (χ3v) is 3.86. The summed E-state index contributed by atoms with van der Waals surface area (Å²) in [7, 11) is 0. The van der Waals surface area contributed by atoms with Crippen molar-refractivity contribution in [3.8, 4) is 0 Å². The van der Waals surface area contributed by atoms with E-state index >= 15 is 0 Å². The average Bonchev–Trinajstić information content (AvgIpc) is 2.76. The fraction of sp³-hybridized carbons (Fsp3) is 0.909. The summed E-state index contributed by atoms with van der Waals surface area (Å²) in [6.07, 6.45) is 1.93.